The molecule has 2 heteroatoms. The van der Waals surface area contributed by atoms with Crippen molar-refractivity contribution in [3.63, 3.8) is 0 Å². The summed E-state index contributed by atoms with van der Waals surface area (Å²) >= 11 is 0. The maximum Gasteiger partial charge on any atom is 0.0116 e. The molecule has 2 unspecified atom stereocenters. The molecule has 0 radical (unpaired) electrons. The number of hydrogen-bond acceptors (Lipinski definition) is 2. The molecular weight excluding hydrogens is 244 g/mol. The van der Waals surface area contributed by atoms with Crippen molar-refractivity contribution in [1.29, 1.82) is 0 Å². The van der Waals surface area contributed by atoms with Crippen LogP contribution in [0.25, 0.3) is 0 Å². The predicted octanol–water partition coefficient (Wildman–Crippen LogP) is 3.95. The third kappa shape index (κ3) is 3.06. The van der Waals surface area contributed by atoms with Crippen molar-refractivity contribution < 1.29 is 0 Å². The van der Waals surface area contributed by atoms with Crippen LogP contribution in [-0.2, 0) is 0 Å². The van der Waals surface area contributed by atoms with Crippen LogP contribution in [0.4, 0.5) is 0 Å². The normalized spacial score (nSPS) is 42.0. The SMILES string of the molecule is CCCNC1CC2CCC(C1)N2C1CCC(CC)CC1. The first kappa shape index (κ1) is 14.8. The lowest BCUT2D eigenvalue weighted by molar-refractivity contribution is 0.0430. The van der Waals surface area contributed by atoms with Crippen LogP contribution in [0, 0.1) is 5.92 Å². The number of rotatable bonds is 5. The van der Waals surface area contributed by atoms with Crippen molar-refractivity contribution in [3.05, 3.63) is 0 Å². The van der Waals surface area contributed by atoms with Gasteiger partial charge < -0.3 is 5.32 Å². The fourth-order valence-electron chi connectivity index (χ4n) is 5.18. The van der Waals surface area contributed by atoms with Gasteiger partial charge in [0.05, 0.1) is 0 Å². The molecule has 2 saturated heterocycles. The fourth-order valence-corrected chi connectivity index (χ4v) is 5.18. The molecule has 3 rings (SSSR count). The van der Waals surface area contributed by atoms with Crippen molar-refractivity contribution in [3.8, 4) is 0 Å². The molecule has 2 bridgehead atoms. The van der Waals surface area contributed by atoms with Crippen molar-refractivity contribution >= 4 is 0 Å². The van der Waals surface area contributed by atoms with E-state index in [0.717, 1.165) is 30.1 Å². The molecule has 0 aromatic rings. The number of nitrogens with zero attached hydrogens (tertiary/aromatic N) is 1. The maximum absolute atomic E-state index is 3.79. The molecule has 1 saturated carbocycles. The second kappa shape index (κ2) is 6.79. The number of nitrogens with one attached hydrogen (secondary N) is 1. The summed E-state index contributed by atoms with van der Waals surface area (Å²) in [7, 11) is 0. The van der Waals surface area contributed by atoms with Crippen LogP contribution in [0.1, 0.15) is 78.1 Å². The van der Waals surface area contributed by atoms with Crippen LogP contribution in [0.15, 0.2) is 0 Å². The smallest absolute Gasteiger partial charge is 0.0116 e. The second-order valence-corrected chi connectivity index (χ2v) is 7.54. The summed E-state index contributed by atoms with van der Waals surface area (Å²) in [6.45, 7) is 5.87. The monoisotopic (exact) mass is 278 g/mol. The molecular formula is C18H34N2. The Labute approximate surface area is 125 Å². The van der Waals surface area contributed by atoms with E-state index in [0.29, 0.717) is 0 Å². The average Bonchev–Trinajstić information content (AvgIpc) is 2.76. The second-order valence-electron chi connectivity index (χ2n) is 7.54. The van der Waals surface area contributed by atoms with Crippen LogP contribution in [-0.4, -0.2) is 35.6 Å². The minimum Gasteiger partial charge on any atom is -0.314 e. The van der Waals surface area contributed by atoms with E-state index in [2.05, 4.69) is 24.1 Å². The van der Waals surface area contributed by atoms with Gasteiger partial charge in [0, 0.05) is 24.2 Å². The Morgan fingerprint density at radius 1 is 0.850 bits per heavy atom. The standard InChI is InChI=1S/C18H34N2/c1-3-11-19-15-12-17-9-10-18(13-15)20(17)16-7-5-14(4-2)6-8-16/h14-19H,3-13H2,1-2H3. The van der Waals surface area contributed by atoms with E-state index in [4.69, 9.17) is 0 Å². The molecule has 0 aromatic carbocycles. The molecule has 2 atom stereocenters. The highest BCUT2D eigenvalue weighted by molar-refractivity contribution is 5.00. The van der Waals surface area contributed by atoms with Crippen molar-refractivity contribution in [2.24, 2.45) is 5.92 Å². The summed E-state index contributed by atoms with van der Waals surface area (Å²) < 4.78 is 0. The summed E-state index contributed by atoms with van der Waals surface area (Å²) in [5, 5.41) is 3.79. The molecule has 2 aliphatic heterocycles. The van der Waals surface area contributed by atoms with Crippen molar-refractivity contribution in [2.45, 2.75) is 102 Å². The third-order valence-electron chi connectivity index (χ3n) is 6.29. The lowest BCUT2D eigenvalue weighted by Crippen LogP contribution is -2.53. The molecule has 1 N–H and O–H groups in total. The van der Waals surface area contributed by atoms with Gasteiger partial charge in [-0.1, -0.05) is 20.3 Å². The maximum atomic E-state index is 3.79. The van der Waals surface area contributed by atoms with Crippen LogP contribution < -0.4 is 5.32 Å². The van der Waals surface area contributed by atoms with E-state index in [1.165, 1.54) is 70.8 Å². The van der Waals surface area contributed by atoms with E-state index in [-0.39, 0.29) is 0 Å². The number of hydrogen-bond donors (Lipinski definition) is 1. The van der Waals surface area contributed by atoms with E-state index < -0.39 is 0 Å². The first-order valence-electron chi connectivity index (χ1n) is 9.32. The topological polar surface area (TPSA) is 15.3 Å². The highest BCUT2D eigenvalue weighted by atomic mass is 15.3. The minimum absolute atomic E-state index is 0.815. The van der Waals surface area contributed by atoms with E-state index in [9.17, 15) is 0 Å². The molecule has 2 heterocycles. The molecule has 116 valence electrons. The van der Waals surface area contributed by atoms with Gasteiger partial charge in [-0.25, -0.2) is 0 Å². The first-order chi connectivity index (χ1) is 9.81. The Kier molecular flexibility index (Phi) is 5.04. The zero-order chi connectivity index (χ0) is 13.9. The Bertz CT molecular complexity index is 282. The van der Waals surface area contributed by atoms with Gasteiger partial charge in [0.15, 0.2) is 0 Å². The van der Waals surface area contributed by atoms with Crippen LogP contribution >= 0.6 is 0 Å². The summed E-state index contributed by atoms with van der Waals surface area (Å²) in [6.07, 6.45) is 14.4. The van der Waals surface area contributed by atoms with Gasteiger partial charge in [-0.2, -0.15) is 0 Å². The average molecular weight is 278 g/mol. The first-order valence-corrected chi connectivity index (χ1v) is 9.32. The molecule has 0 amide bonds. The van der Waals surface area contributed by atoms with Gasteiger partial charge in [0.25, 0.3) is 0 Å². The van der Waals surface area contributed by atoms with Gasteiger partial charge in [-0.3, -0.25) is 4.90 Å². The molecule has 0 aromatic heterocycles. The Morgan fingerprint density at radius 3 is 2.00 bits per heavy atom. The van der Waals surface area contributed by atoms with Gasteiger partial charge in [0.1, 0.15) is 0 Å². The van der Waals surface area contributed by atoms with E-state index in [1.807, 2.05) is 0 Å². The molecule has 0 spiro atoms. The zero-order valence-electron chi connectivity index (χ0n) is 13.6. The lowest BCUT2D eigenvalue weighted by atomic mass is 9.82. The molecule has 1 aliphatic carbocycles. The third-order valence-corrected chi connectivity index (χ3v) is 6.29. The summed E-state index contributed by atoms with van der Waals surface area (Å²) in [5.74, 6) is 1.03. The highest BCUT2D eigenvalue weighted by Gasteiger charge is 2.44. The highest BCUT2D eigenvalue weighted by Crippen LogP contribution is 2.41. The molecule has 2 nitrogen and oxygen atoms in total. The minimum atomic E-state index is 0.815. The predicted molar refractivity (Wildman–Crippen MR) is 86.0 cm³/mol. The van der Waals surface area contributed by atoms with Gasteiger partial charge in [-0.15, -0.1) is 0 Å². The van der Waals surface area contributed by atoms with Gasteiger partial charge in [0.2, 0.25) is 0 Å². The molecule has 20 heavy (non-hydrogen) atoms. The Hall–Kier alpha value is -0.0800. The quantitative estimate of drug-likeness (QED) is 0.819. The molecule has 3 fully saturated rings. The van der Waals surface area contributed by atoms with Crippen molar-refractivity contribution in [2.75, 3.05) is 6.54 Å². The molecule has 3 aliphatic rings. The van der Waals surface area contributed by atoms with Gasteiger partial charge >= 0.3 is 0 Å². The summed E-state index contributed by atoms with van der Waals surface area (Å²) in [4.78, 5) is 2.98. The summed E-state index contributed by atoms with van der Waals surface area (Å²) in [5.41, 5.74) is 0. The Morgan fingerprint density at radius 2 is 1.45 bits per heavy atom. The van der Waals surface area contributed by atoms with Crippen LogP contribution in [0.3, 0.4) is 0 Å². The zero-order valence-corrected chi connectivity index (χ0v) is 13.6. The summed E-state index contributed by atoms with van der Waals surface area (Å²) in [6, 6.07) is 3.57. The fraction of sp³-hybridized carbons (Fsp3) is 1.00. The number of piperidine rings is 1. The van der Waals surface area contributed by atoms with Crippen LogP contribution in [0.5, 0.6) is 0 Å². The van der Waals surface area contributed by atoms with Gasteiger partial charge in [-0.05, 0) is 70.3 Å². The van der Waals surface area contributed by atoms with Crippen LogP contribution in [0.2, 0.25) is 0 Å². The van der Waals surface area contributed by atoms with Crippen molar-refractivity contribution in [1.82, 2.24) is 10.2 Å². The number of fused-ring (bicyclic) bond motifs is 2. The Balaban J connectivity index is 1.54. The largest absolute Gasteiger partial charge is 0.314 e. The lowest BCUT2D eigenvalue weighted by Gasteiger charge is -2.46. The van der Waals surface area contributed by atoms with E-state index >= 15 is 0 Å². The van der Waals surface area contributed by atoms with E-state index in [1.54, 1.807) is 0 Å².